The molecule has 0 unspecified atom stereocenters. The third-order valence-corrected chi connectivity index (χ3v) is 6.40. The van der Waals surface area contributed by atoms with Crippen LogP contribution in [0.15, 0.2) is 57.9 Å². The first-order valence-electron chi connectivity index (χ1n) is 9.55. The van der Waals surface area contributed by atoms with Gasteiger partial charge in [0, 0.05) is 26.1 Å². The van der Waals surface area contributed by atoms with E-state index in [1.54, 1.807) is 6.07 Å². The normalized spacial score (nSPS) is 11.5. The summed E-state index contributed by atoms with van der Waals surface area (Å²) in [5.41, 5.74) is 1.45. The smallest absolute Gasteiger partial charge is 0.246 e. The molecule has 2 aromatic carbocycles. The lowest BCUT2D eigenvalue weighted by Crippen LogP contribution is -2.24. The fourth-order valence-electron chi connectivity index (χ4n) is 2.86. The number of aryl methyl sites for hydroxylation is 1. The Morgan fingerprint density at radius 3 is 2.58 bits per heavy atom. The van der Waals surface area contributed by atoms with Gasteiger partial charge in [-0.3, -0.25) is 4.79 Å². The average molecular weight is 445 g/mol. The van der Waals surface area contributed by atoms with Crippen molar-refractivity contribution in [1.82, 2.24) is 19.8 Å². The maximum absolute atomic E-state index is 12.4. The van der Waals surface area contributed by atoms with E-state index in [1.165, 1.54) is 33.3 Å². The van der Waals surface area contributed by atoms with Gasteiger partial charge in [-0.25, -0.2) is 12.7 Å². The zero-order chi connectivity index (χ0) is 22.4. The third kappa shape index (κ3) is 5.47. The average Bonchev–Trinajstić information content (AvgIpc) is 3.25. The largest absolute Gasteiger partial charge is 0.496 e. The maximum Gasteiger partial charge on any atom is 0.246 e. The number of amides is 1. The summed E-state index contributed by atoms with van der Waals surface area (Å²) >= 11 is 0. The first-order chi connectivity index (χ1) is 14.8. The Kier molecular flexibility index (Phi) is 7.03. The Morgan fingerprint density at radius 1 is 1.16 bits per heavy atom. The van der Waals surface area contributed by atoms with Crippen molar-refractivity contribution >= 4 is 15.9 Å². The molecule has 164 valence electrons. The number of carbonyl (C=O) groups is 1. The number of benzene rings is 2. The number of carbonyl (C=O) groups excluding carboxylic acids is 1. The van der Waals surface area contributed by atoms with E-state index in [4.69, 9.17) is 9.26 Å². The van der Waals surface area contributed by atoms with Crippen molar-refractivity contribution in [3.8, 4) is 17.1 Å². The minimum Gasteiger partial charge on any atom is -0.496 e. The van der Waals surface area contributed by atoms with Gasteiger partial charge in [0.1, 0.15) is 5.75 Å². The van der Waals surface area contributed by atoms with Gasteiger partial charge in [-0.15, -0.1) is 0 Å². The van der Waals surface area contributed by atoms with Crippen LogP contribution in [0.25, 0.3) is 11.4 Å². The van der Waals surface area contributed by atoms with E-state index in [0.717, 1.165) is 9.87 Å². The van der Waals surface area contributed by atoms with Crippen molar-refractivity contribution in [1.29, 1.82) is 0 Å². The van der Waals surface area contributed by atoms with Crippen LogP contribution < -0.4 is 10.1 Å². The Hall–Kier alpha value is -3.24. The maximum atomic E-state index is 12.4. The van der Waals surface area contributed by atoms with E-state index < -0.39 is 10.0 Å². The van der Waals surface area contributed by atoms with Crippen LogP contribution in [-0.4, -0.2) is 50.0 Å². The first-order valence-corrected chi connectivity index (χ1v) is 11.0. The summed E-state index contributed by atoms with van der Waals surface area (Å²) in [6, 6.07) is 14.0. The van der Waals surface area contributed by atoms with E-state index in [0.29, 0.717) is 29.4 Å². The zero-order valence-corrected chi connectivity index (χ0v) is 18.3. The van der Waals surface area contributed by atoms with Crippen LogP contribution >= 0.6 is 0 Å². The monoisotopic (exact) mass is 444 g/mol. The van der Waals surface area contributed by atoms with Gasteiger partial charge in [-0.05, 0) is 30.2 Å². The number of methoxy groups -OCH3 is 1. The van der Waals surface area contributed by atoms with Crippen molar-refractivity contribution in [2.24, 2.45) is 0 Å². The van der Waals surface area contributed by atoms with E-state index in [9.17, 15) is 13.2 Å². The molecule has 0 atom stereocenters. The molecule has 1 aromatic heterocycles. The summed E-state index contributed by atoms with van der Waals surface area (Å²) in [6.45, 7) is 0.102. The fourth-order valence-corrected chi connectivity index (χ4v) is 3.82. The van der Waals surface area contributed by atoms with E-state index >= 15 is 0 Å². The van der Waals surface area contributed by atoms with Gasteiger partial charge in [0.25, 0.3) is 0 Å². The number of hydrogen-bond acceptors (Lipinski definition) is 7. The molecule has 0 fully saturated rings. The summed E-state index contributed by atoms with van der Waals surface area (Å²) in [4.78, 5) is 16.7. The summed E-state index contributed by atoms with van der Waals surface area (Å²) in [5, 5.41) is 6.64. The molecule has 0 spiro atoms. The predicted octanol–water partition coefficient (Wildman–Crippen LogP) is 2.24. The number of aromatic nitrogens is 2. The summed E-state index contributed by atoms with van der Waals surface area (Å²) < 4.78 is 36.4. The highest BCUT2D eigenvalue weighted by molar-refractivity contribution is 7.89. The summed E-state index contributed by atoms with van der Waals surface area (Å²) in [6.07, 6.45) is 0.451. The highest BCUT2D eigenvalue weighted by Crippen LogP contribution is 2.25. The molecule has 1 heterocycles. The van der Waals surface area contributed by atoms with Gasteiger partial charge in [0.15, 0.2) is 0 Å². The highest BCUT2D eigenvalue weighted by Gasteiger charge is 2.19. The van der Waals surface area contributed by atoms with Crippen LogP contribution in [0.1, 0.15) is 17.9 Å². The minimum absolute atomic E-state index is 0.102. The third-order valence-electron chi connectivity index (χ3n) is 4.59. The number of sulfonamides is 1. The van der Waals surface area contributed by atoms with Gasteiger partial charge in [-0.2, -0.15) is 4.98 Å². The number of hydrogen-bond donors (Lipinski definition) is 1. The van der Waals surface area contributed by atoms with E-state index in [1.807, 2.05) is 30.3 Å². The Labute approximate surface area is 181 Å². The molecule has 0 radical (unpaired) electrons. The highest BCUT2D eigenvalue weighted by atomic mass is 32.2. The molecule has 10 heteroatoms. The Morgan fingerprint density at radius 2 is 1.90 bits per heavy atom. The second kappa shape index (κ2) is 9.71. The van der Waals surface area contributed by atoms with Crippen LogP contribution in [0.3, 0.4) is 0 Å². The lowest BCUT2D eigenvalue weighted by atomic mass is 10.1. The van der Waals surface area contributed by atoms with Crippen LogP contribution in [0.2, 0.25) is 0 Å². The molecule has 1 N–H and O–H groups in total. The van der Waals surface area contributed by atoms with Crippen LogP contribution in [-0.2, 0) is 27.8 Å². The van der Waals surface area contributed by atoms with Gasteiger partial charge in [0.2, 0.25) is 27.6 Å². The summed E-state index contributed by atoms with van der Waals surface area (Å²) in [5.74, 6) is 1.04. The van der Waals surface area contributed by atoms with Gasteiger partial charge >= 0.3 is 0 Å². The lowest BCUT2D eigenvalue weighted by molar-refractivity contribution is -0.121. The number of rotatable bonds is 9. The van der Waals surface area contributed by atoms with Gasteiger partial charge < -0.3 is 14.6 Å². The Balaban J connectivity index is 1.60. The predicted molar refractivity (Wildman–Crippen MR) is 114 cm³/mol. The van der Waals surface area contributed by atoms with Crippen molar-refractivity contribution in [2.45, 2.75) is 24.3 Å². The first kappa shape index (κ1) is 22.4. The summed E-state index contributed by atoms with van der Waals surface area (Å²) in [7, 11) is 0.850. The second-order valence-corrected chi connectivity index (χ2v) is 9.07. The van der Waals surface area contributed by atoms with Gasteiger partial charge in [-0.1, -0.05) is 35.5 Å². The van der Waals surface area contributed by atoms with Crippen LogP contribution in [0, 0.1) is 0 Å². The molecule has 3 rings (SSSR count). The lowest BCUT2D eigenvalue weighted by Gasteiger charge is -2.14. The standard InChI is InChI=1S/C21H24N4O5S/c1-25(2)31(27,28)17-10-11-18(29-3)16(13-17)9-12-19(26)22-14-20-23-21(24-30-20)15-7-5-4-6-8-15/h4-8,10-11,13H,9,12,14H2,1-3H3,(H,22,26). The number of nitrogens with one attached hydrogen (secondary N) is 1. The van der Waals surface area contributed by atoms with Gasteiger partial charge in [0.05, 0.1) is 18.6 Å². The second-order valence-electron chi connectivity index (χ2n) is 6.92. The molecular formula is C21H24N4O5S. The van der Waals surface area contributed by atoms with Crippen LogP contribution in [0.4, 0.5) is 0 Å². The van der Waals surface area contributed by atoms with Crippen molar-refractivity contribution in [3.05, 3.63) is 60.0 Å². The molecule has 0 bridgehead atoms. The van der Waals surface area contributed by atoms with Crippen LogP contribution in [0.5, 0.6) is 5.75 Å². The topological polar surface area (TPSA) is 115 Å². The molecule has 0 saturated carbocycles. The number of nitrogens with zero attached hydrogens (tertiary/aromatic N) is 3. The molecule has 9 nitrogen and oxygen atoms in total. The molecule has 3 aromatic rings. The molecule has 0 aliphatic heterocycles. The quantitative estimate of drug-likeness (QED) is 0.538. The molecule has 0 aliphatic rings. The molecule has 0 saturated heterocycles. The zero-order valence-electron chi connectivity index (χ0n) is 17.5. The molecule has 31 heavy (non-hydrogen) atoms. The van der Waals surface area contributed by atoms with Crippen molar-refractivity contribution in [3.63, 3.8) is 0 Å². The minimum atomic E-state index is -3.58. The van der Waals surface area contributed by atoms with E-state index in [-0.39, 0.29) is 23.8 Å². The SMILES string of the molecule is COc1ccc(S(=O)(=O)N(C)C)cc1CCC(=O)NCc1nc(-c2ccccc2)no1. The van der Waals surface area contributed by atoms with Crippen molar-refractivity contribution in [2.75, 3.05) is 21.2 Å². The van der Waals surface area contributed by atoms with Crippen molar-refractivity contribution < 1.29 is 22.5 Å². The molecule has 0 aliphatic carbocycles. The fraction of sp³-hybridized carbons (Fsp3) is 0.286. The molecule has 1 amide bonds. The molecular weight excluding hydrogens is 420 g/mol. The number of ether oxygens (including phenoxy) is 1. The van der Waals surface area contributed by atoms with E-state index in [2.05, 4.69) is 15.5 Å². The Bertz CT molecular complexity index is 1140.